The molecule has 1 fully saturated rings. The van der Waals surface area contributed by atoms with Crippen molar-refractivity contribution in [1.82, 2.24) is 20.3 Å². The number of anilines is 1. The summed E-state index contributed by atoms with van der Waals surface area (Å²) in [7, 11) is 3.30. The fourth-order valence-corrected chi connectivity index (χ4v) is 3.83. The van der Waals surface area contributed by atoms with Gasteiger partial charge >= 0.3 is 0 Å². The van der Waals surface area contributed by atoms with Gasteiger partial charge in [-0.15, -0.1) is 0 Å². The number of nitrogens with zero attached hydrogens (tertiary/aromatic N) is 3. The molecule has 0 atom stereocenters. The van der Waals surface area contributed by atoms with Crippen molar-refractivity contribution in [1.29, 1.82) is 0 Å². The first-order chi connectivity index (χ1) is 19.4. The topological polar surface area (TPSA) is 117 Å². The predicted octanol–water partition coefficient (Wildman–Crippen LogP) is 4.80. The molecule has 0 saturated heterocycles. The molecule has 40 heavy (non-hydrogen) atoms. The number of benzene rings is 2. The van der Waals surface area contributed by atoms with Gasteiger partial charge in [-0.2, -0.15) is 4.98 Å². The van der Waals surface area contributed by atoms with E-state index in [-0.39, 0.29) is 29.0 Å². The van der Waals surface area contributed by atoms with Crippen molar-refractivity contribution in [2.24, 2.45) is 0 Å². The van der Waals surface area contributed by atoms with Gasteiger partial charge in [0.05, 0.1) is 12.6 Å². The monoisotopic (exact) mass is 551 g/mol. The third-order valence-corrected chi connectivity index (χ3v) is 5.99. The zero-order valence-electron chi connectivity index (χ0n) is 22.1. The molecule has 12 heteroatoms. The Morgan fingerprint density at radius 3 is 2.55 bits per heavy atom. The number of methoxy groups -OCH3 is 1. The fraction of sp³-hybridized carbons (Fsp3) is 0.286. The zero-order valence-corrected chi connectivity index (χ0v) is 22.1. The molecule has 5 rings (SSSR count). The first-order valence-electron chi connectivity index (χ1n) is 12.6. The Morgan fingerprint density at radius 1 is 1.07 bits per heavy atom. The van der Waals surface area contributed by atoms with E-state index in [4.69, 9.17) is 18.9 Å². The van der Waals surface area contributed by atoms with Gasteiger partial charge in [0.2, 0.25) is 5.88 Å². The molecule has 208 valence electrons. The summed E-state index contributed by atoms with van der Waals surface area (Å²) < 4.78 is 52.8. The summed E-state index contributed by atoms with van der Waals surface area (Å²) in [6.45, 7) is 2.70. The second kappa shape index (κ2) is 11.7. The van der Waals surface area contributed by atoms with Gasteiger partial charge in [-0.25, -0.2) is 13.8 Å². The fourth-order valence-electron chi connectivity index (χ4n) is 3.83. The summed E-state index contributed by atoms with van der Waals surface area (Å²) in [5.41, 5.74) is 0.423. The van der Waals surface area contributed by atoms with Crippen LogP contribution < -0.4 is 29.6 Å². The smallest absolute Gasteiger partial charge is 0.262 e. The SMILES string of the molecule is CNCCOc1cc2nccc(Oc3c(F)cc(NC(=O)c4cnc(C)nc4OC4CC4)cc3F)c2cc1OC. The van der Waals surface area contributed by atoms with Gasteiger partial charge in [0.25, 0.3) is 5.91 Å². The maximum absolute atomic E-state index is 15.1. The highest BCUT2D eigenvalue weighted by Gasteiger charge is 2.27. The van der Waals surface area contributed by atoms with E-state index in [1.807, 2.05) is 7.05 Å². The van der Waals surface area contributed by atoms with Gasteiger partial charge in [0.15, 0.2) is 28.9 Å². The maximum atomic E-state index is 15.1. The van der Waals surface area contributed by atoms with Crippen LogP contribution in [0, 0.1) is 18.6 Å². The van der Waals surface area contributed by atoms with Crippen LogP contribution in [0.25, 0.3) is 10.9 Å². The zero-order chi connectivity index (χ0) is 28.2. The quantitative estimate of drug-likeness (QED) is 0.254. The van der Waals surface area contributed by atoms with Gasteiger partial charge in [-0.1, -0.05) is 0 Å². The van der Waals surface area contributed by atoms with Crippen LogP contribution in [-0.4, -0.2) is 54.3 Å². The van der Waals surface area contributed by atoms with Crippen LogP contribution in [0.5, 0.6) is 28.9 Å². The molecule has 0 radical (unpaired) electrons. The lowest BCUT2D eigenvalue weighted by Crippen LogP contribution is -2.16. The molecule has 0 spiro atoms. The Bertz CT molecular complexity index is 1540. The van der Waals surface area contributed by atoms with Crippen molar-refractivity contribution in [2.75, 3.05) is 32.6 Å². The lowest BCUT2D eigenvalue weighted by atomic mass is 10.1. The molecule has 2 aromatic heterocycles. The van der Waals surface area contributed by atoms with E-state index in [0.29, 0.717) is 41.4 Å². The number of halogens is 2. The molecule has 1 aliphatic carbocycles. The molecule has 2 N–H and O–H groups in total. The van der Waals surface area contributed by atoms with Crippen LogP contribution in [0.4, 0.5) is 14.5 Å². The Hall–Kier alpha value is -4.58. The molecular weight excluding hydrogens is 524 g/mol. The van der Waals surface area contributed by atoms with Crippen molar-refractivity contribution in [2.45, 2.75) is 25.9 Å². The van der Waals surface area contributed by atoms with Crippen LogP contribution in [0.3, 0.4) is 0 Å². The Labute approximate surface area is 228 Å². The van der Waals surface area contributed by atoms with Crippen LogP contribution in [-0.2, 0) is 0 Å². The van der Waals surface area contributed by atoms with E-state index >= 15 is 8.78 Å². The molecule has 1 aliphatic rings. The van der Waals surface area contributed by atoms with Gasteiger partial charge in [0.1, 0.15) is 29.8 Å². The van der Waals surface area contributed by atoms with E-state index in [0.717, 1.165) is 25.0 Å². The van der Waals surface area contributed by atoms with Crippen molar-refractivity contribution in [3.8, 4) is 28.9 Å². The van der Waals surface area contributed by atoms with Gasteiger partial charge in [-0.3, -0.25) is 9.78 Å². The van der Waals surface area contributed by atoms with Crippen molar-refractivity contribution < 1.29 is 32.5 Å². The standard InChI is InChI=1S/C28H27F2N5O5/c1-15-33-14-19(28(34-15)39-17-4-5-17)27(36)35-16-10-20(29)26(21(30)11-16)40-23-6-7-32-22-13-25(38-9-8-31-2)24(37-3)12-18(22)23/h6-7,10-14,17,31H,4-5,8-9H2,1-3H3,(H,35,36). The van der Waals surface area contributed by atoms with Crippen molar-refractivity contribution in [3.63, 3.8) is 0 Å². The molecule has 2 aromatic carbocycles. The number of nitrogens with one attached hydrogen (secondary N) is 2. The molecule has 0 unspecified atom stereocenters. The van der Waals surface area contributed by atoms with E-state index in [1.54, 1.807) is 19.1 Å². The Balaban J connectivity index is 1.38. The summed E-state index contributed by atoms with van der Waals surface area (Å²) in [6.07, 6.45) is 4.50. The average Bonchev–Trinajstić information content (AvgIpc) is 3.74. The molecule has 4 aromatic rings. The number of aromatic nitrogens is 3. The summed E-state index contributed by atoms with van der Waals surface area (Å²) in [4.78, 5) is 25.4. The third kappa shape index (κ3) is 6.01. The molecule has 0 bridgehead atoms. The summed E-state index contributed by atoms with van der Waals surface area (Å²) >= 11 is 0. The molecule has 10 nitrogen and oxygen atoms in total. The third-order valence-electron chi connectivity index (χ3n) is 5.99. The summed E-state index contributed by atoms with van der Waals surface area (Å²) in [6, 6.07) is 6.70. The highest BCUT2D eigenvalue weighted by molar-refractivity contribution is 6.05. The van der Waals surface area contributed by atoms with Crippen molar-refractivity contribution >= 4 is 22.5 Å². The van der Waals surface area contributed by atoms with E-state index in [2.05, 4.69) is 25.6 Å². The Morgan fingerprint density at radius 2 is 1.85 bits per heavy atom. The highest BCUT2D eigenvalue weighted by Crippen LogP contribution is 2.38. The van der Waals surface area contributed by atoms with Crippen LogP contribution >= 0.6 is 0 Å². The normalized spacial score (nSPS) is 12.7. The second-order valence-corrected chi connectivity index (χ2v) is 9.06. The minimum absolute atomic E-state index is 0.00567. The summed E-state index contributed by atoms with van der Waals surface area (Å²) in [5, 5.41) is 5.92. The predicted molar refractivity (Wildman–Crippen MR) is 143 cm³/mol. The Kier molecular flexibility index (Phi) is 7.87. The van der Waals surface area contributed by atoms with Crippen LogP contribution in [0.15, 0.2) is 42.7 Å². The van der Waals surface area contributed by atoms with Gasteiger partial charge in [-0.05, 0) is 38.9 Å². The van der Waals surface area contributed by atoms with E-state index in [9.17, 15) is 4.79 Å². The number of hydrogen-bond donors (Lipinski definition) is 2. The maximum Gasteiger partial charge on any atom is 0.262 e. The highest BCUT2D eigenvalue weighted by atomic mass is 19.1. The van der Waals surface area contributed by atoms with Crippen LogP contribution in [0.2, 0.25) is 0 Å². The average molecular weight is 552 g/mol. The number of rotatable bonds is 11. The van der Waals surface area contributed by atoms with E-state index in [1.165, 1.54) is 25.6 Å². The number of carbonyl (C=O) groups is 1. The van der Waals surface area contributed by atoms with Crippen molar-refractivity contribution in [3.05, 3.63) is 65.7 Å². The summed E-state index contributed by atoms with van der Waals surface area (Å²) in [5.74, 6) is -1.75. The number of carbonyl (C=O) groups excluding carboxylic acids is 1. The van der Waals surface area contributed by atoms with Crippen LogP contribution in [0.1, 0.15) is 29.0 Å². The number of aryl methyl sites for hydroxylation is 1. The number of amides is 1. The lowest BCUT2D eigenvalue weighted by molar-refractivity contribution is 0.102. The number of likely N-dealkylation sites (N-methyl/N-ethyl adjacent to an activating group) is 1. The number of ether oxygens (including phenoxy) is 4. The number of fused-ring (bicyclic) bond motifs is 1. The molecule has 2 heterocycles. The minimum atomic E-state index is -1.02. The second-order valence-electron chi connectivity index (χ2n) is 9.06. The number of hydrogen-bond acceptors (Lipinski definition) is 9. The minimum Gasteiger partial charge on any atom is -0.493 e. The molecule has 1 saturated carbocycles. The number of pyridine rings is 1. The van der Waals surface area contributed by atoms with E-state index < -0.39 is 23.3 Å². The molecule has 0 aliphatic heterocycles. The molecular formula is C28H27F2N5O5. The van der Waals surface area contributed by atoms with Gasteiger partial charge < -0.3 is 29.6 Å². The van der Waals surface area contributed by atoms with Gasteiger partial charge in [0, 0.05) is 48.2 Å². The first kappa shape index (κ1) is 27.0. The first-order valence-corrected chi connectivity index (χ1v) is 12.6. The lowest BCUT2D eigenvalue weighted by Gasteiger charge is -2.15. The molecule has 1 amide bonds. The largest absolute Gasteiger partial charge is 0.493 e.